The third-order valence-corrected chi connectivity index (χ3v) is 2.59. The van der Waals surface area contributed by atoms with Crippen LogP contribution in [0.15, 0.2) is 23.2 Å². The fourth-order valence-electron chi connectivity index (χ4n) is 1.02. The molecule has 1 N–H and O–H groups in total. The highest BCUT2D eigenvalue weighted by atomic mass is 79.9. The Labute approximate surface area is 85.6 Å². The lowest BCUT2D eigenvalue weighted by molar-refractivity contribution is 1.47. The summed E-state index contributed by atoms with van der Waals surface area (Å²) < 4.78 is 0.990. The molecule has 1 nitrogen and oxygen atoms in total. The van der Waals surface area contributed by atoms with Gasteiger partial charge in [0.25, 0.3) is 0 Å². The first kappa shape index (κ1) is 9.62. The molecule has 0 heterocycles. The highest BCUT2D eigenvalue weighted by Crippen LogP contribution is 2.32. The van der Waals surface area contributed by atoms with Crippen LogP contribution in [0.2, 0.25) is 5.02 Å². The largest absolute Gasteiger partial charge is 0.387 e. The number of halogens is 2. The van der Waals surface area contributed by atoms with E-state index in [0.717, 1.165) is 15.7 Å². The maximum atomic E-state index is 5.95. The van der Waals surface area contributed by atoms with Crippen molar-refractivity contribution in [2.45, 2.75) is 0 Å². The number of nitrogens with one attached hydrogen (secondary N) is 1. The Morgan fingerprint density at radius 3 is 2.67 bits per heavy atom. The van der Waals surface area contributed by atoms with E-state index in [-0.39, 0.29) is 0 Å². The van der Waals surface area contributed by atoms with Gasteiger partial charge in [-0.05, 0) is 28.1 Å². The van der Waals surface area contributed by atoms with Crippen LogP contribution in [0.1, 0.15) is 5.56 Å². The van der Waals surface area contributed by atoms with Gasteiger partial charge in [-0.2, -0.15) is 0 Å². The van der Waals surface area contributed by atoms with Crippen LogP contribution in [-0.2, 0) is 0 Å². The highest BCUT2D eigenvalue weighted by Gasteiger charge is 2.05. The standard InChI is InChI=1S/C9H9BrClN/c1-3-6-8(11)5-4-7(10)9(6)12-2/h3-5,12H,1H2,2H3. The van der Waals surface area contributed by atoms with Crippen molar-refractivity contribution in [3.63, 3.8) is 0 Å². The van der Waals surface area contributed by atoms with E-state index < -0.39 is 0 Å². The van der Waals surface area contributed by atoms with Crippen molar-refractivity contribution in [3.8, 4) is 0 Å². The molecule has 0 aliphatic heterocycles. The zero-order valence-corrected chi connectivity index (χ0v) is 9.04. The minimum absolute atomic E-state index is 0.706. The summed E-state index contributed by atoms with van der Waals surface area (Å²) in [6.45, 7) is 3.70. The molecule has 0 atom stereocenters. The minimum Gasteiger partial charge on any atom is -0.387 e. The molecule has 0 aromatic heterocycles. The quantitative estimate of drug-likeness (QED) is 0.837. The van der Waals surface area contributed by atoms with Crippen LogP contribution in [0.3, 0.4) is 0 Å². The Balaban J connectivity index is 3.38. The number of anilines is 1. The van der Waals surface area contributed by atoms with Crippen molar-refractivity contribution in [2.75, 3.05) is 12.4 Å². The molecule has 0 bridgehead atoms. The van der Waals surface area contributed by atoms with Crippen molar-refractivity contribution < 1.29 is 0 Å². The lowest BCUT2D eigenvalue weighted by atomic mass is 10.2. The molecule has 1 aromatic rings. The Morgan fingerprint density at radius 2 is 2.25 bits per heavy atom. The van der Waals surface area contributed by atoms with Gasteiger partial charge in [0, 0.05) is 22.1 Å². The second kappa shape index (κ2) is 3.97. The first-order valence-corrected chi connectivity index (χ1v) is 4.66. The normalized spacial score (nSPS) is 9.58. The Morgan fingerprint density at radius 1 is 1.58 bits per heavy atom. The molecule has 0 radical (unpaired) electrons. The number of benzene rings is 1. The smallest absolute Gasteiger partial charge is 0.0570 e. The third kappa shape index (κ3) is 1.65. The van der Waals surface area contributed by atoms with Crippen molar-refractivity contribution in [3.05, 3.63) is 33.8 Å². The summed E-state index contributed by atoms with van der Waals surface area (Å²) in [4.78, 5) is 0. The predicted octanol–water partition coefficient (Wildman–Crippen LogP) is 3.79. The van der Waals surface area contributed by atoms with E-state index in [9.17, 15) is 0 Å². The third-order valence-electron chi connectivity index (χ3n) is 1.60. The van der Waals surface area contributed by atoms with E-state index in [0.29, 0.717) is 5.02 Å². The monoisotopic (exact) mass is 245 g/mol. The van der Waals surface area contributed by atoms with Gasteiger partial charge >= 0.3 is 0 Å². The average Bonchev–Trinajstić information content (AvgIpc) is 2.08. The van der Waals surface area contributed by atoms with Crippen LogP contribution >= 0.6 is 27.5 Å². The molecule has 0 aliphatic carbocycles. The first-order valence-electron chi connectivity index (χ1n) is 3.49. The zero-order valence-electron chi connectivity index (χ0n) is 6.70. The van der Waals surface area contributed by atoms with Crippen LogP contribution in [-0.4, -0.2) is 7.05 Å². The molecule has 0 saturated heterocycles. The summed E-state index contributed by atoms with van der Waals surface area (Å²) >= 11 is 9.36. The van der Waals surface area contributed by atoms with Crippen molar-refractivity contribution >= 4 is 39.3 Å². The van der Waals surface area contributed by atoms with Gasteiger partial charge in [-0.3, -0.25) is 0 Å². The maximum absolute atomic E-state index is 5.95. The molecule has 0 unspecified atom stereocenters. The lowest BCUT2D eigenvalue weighted by Gasteiger charge is -2.09. The SMILES string of the molecule is C=Cc1c(Cl)ccc(Br)c1NC. The van der Waals surface area contributed by atoms with Gasteiger partial charge in [0.2, 0.25) is 0 Å². The summed E-state index contributed by atoms with van der Waals surface area (Å²) in [5.74, 6) is 0. The van der Waals surface area contributed by atoms with Gasteiger partial charge in [0.15, 0.2) is 0 Å². The second-order valence-electron chi connectivity index (χ2n) is 2.27. The highest BCUT2D eigenvalue weighted by molar-refractivity contribution is 9.10. The molecule has 0 aliphatic rings. The minimum atomic E-state index is 0.706. The van der Waals surface area contributed by atoms with E-state index >= 15 is 0 Å². The average molecular weight is 247 g/mol. The Hall–Kier alpha value is -0.470. The molecule has 0 saturated carbocycles. The summed E-state index contributed by atoms with van der Waals surface area (Å²) in [5.41, 5.74) is 1.89. The van der Waals surface area contributed by atoms with E-state index in [1.54, 1.807) is 6.08 Å². The summed E-state index contributed by atoms with van der Waals surface area (Å²) in [6, 6.07) is 3.74. The Bertz CT molecular complexity index is 310. The van der Waals surface area contributed by atoms with Crippen LogP contribution in [0.25, 0.3) is 6.08 Å². The van der Waals surface area contributed by atoms with Crippen molar-refractivity contribution in [1.82, 2.24) is 0 Å². The van der Waals surface area contributed by atoms with Gasteiger partial charge in [0.05, 0.1) is 5.69 Å². The molecule has 12 heavy (non-hydrogen) atoms. The molecule has 3 heteroatoms. The molecule has 1 aromatic carbocycles. The van der Waals surface area contributed by atoms with Gasteiger partial charge in [0.1, 0.15) is 0 Å². The maximum Gasteiger partial charge on any atom is 0.0570 e. The molecule has 0 spiro atoms. The molecular weight excluding hydrogens is 237 g/mol. The number of hydrogen-bond donors (Lipinski definition) is 1. The second-order valence-corrected chi connectivity index (χ2v) is 3.53. The van der Waals surface area contributed by atoms with Crippen LogP contribution in [0.4, 0.5) is 5.69 Å². The molecule has 0 amide bonds. The topological polar surface area (TPSA) is 12.0 Å². The fourth-order valence-corrected chi connectivity index (χ4v) is 1.80. The van der Waals surface area contributed by atoms with Gasteiger partial charge in [-0.15, -0.1) is 0 Å². The van der Waals surface area contributed by atoms with Crippen LogP contribution in [0, 0.1) is 0 Å². The molecule has 1 rings (SSSR count). The summed E-state index contributed by atoms with van der Waals surface area (Å²) in [7, 11) is 1.85. The number of rotatable bonds is 2. The lowest BCUT2D eigenvalue weighted by Crippen LogP contribution is -1.93. The van der Waals surface area contributed by atoms with E-state index in [1.165, 1.54) is 0 Å². The molecular formula is C9H9BrClN. The summed E-state index contributed by atoms with van der Waals surface area (Å²) in [5, 5.41) is 3.76. The zero-order chi connectivity index (χ0) is 9.14. The Kier molecular flexibility index (Phi) is 3.18. The van der Waals surface area contributed by atoms with Gasteiger partial charge in [-0.1, -0.05) is 24.3 Å². The van der Waals surface area contributed by atoms with Crippen LogP contribution in [0.5, 0.6) is 0 Å². The van der Waals surface area contributed by atoms with Gasteiger partial charge < -0.3 is 5.32 Å². The summed E-state index contributed by atoms with van der Waals surface area (Å²) in [6.07, 6.45) is 1.74. The first-order chi connectivity index (χ1) is 5.70. The molecule has 0 fully saturated rings. The van der Waals surface area contributed by atoms with Crippen LogP contribution < -0.4 is 5.32 Å². The number of hydrogen-bond acceptors (Lipinski definition) is 1. The van der Waals surface area contributed by atoms with E-state index in [1.807, 2.05) is 19.2 Å². The fraction of sp³-hybridized carbons (Fsp3) is 0.111. The van der Waals surface area contributed by atoms with Crippen molar-refractivity contribution in [2.24, 2.45) is 0 Å². The van der Waals surface area contributed by atoms with Gasteiger partial charge in [-0.25, -0.2) is 0 Å². The predicted molar refractivity (Wildman–Crippen MR) is 58.8 cm³/mol. The van der Waals surface area contributed by atoms with E-state index in [4.69, 9.17) is 11.6 Å². The van der Waals surface area contributed by atoms with Crippen molar-refractivity contribution in [1.29, 1.82) is 0 Å². The molecule has 64 valence electrons. The van der Waals surface area contributed by atoms with E-state index in [2.05, 4.69) is 27.8 Å².